The SMILES string of the molecule is CCc1nc2c(c(=O)n(CCN)c(=O)n2CCCOC)n1C. The van der Waals surface area contributed by atoms with Crippen LogP contribution in [0.4, 0.5) is 0 Å². The third kappa shape index (κ3) is 2.71. The van der Waals surface area contributed by atoms with Crippen molar-refractivity contribution in [2.75, 3.05) is 20.3 Å². The summed E-state index contributed by atoms with van der Waals surface area (Å²) in [4.78, 5) is 29.6. The lowest BCUT2D eigenvalue weighted by atomic mass is 10.4. The Bertz CT molecular complexity index is 771. The van der Waals surface area contributed by atoms with E-state index in [1.165, 1.54) is 4.57 Å². The van der Waals surface area contributed by atoms with Crippen molar-refractivity contribution in [3.63, 3.8) is 0 Å². The molecule has 0 fully saturated rings. The van der Waals surface area contributed by atoms with Gasteiger partial charge in [-0.15, -0.1) is 0 Å². The highest BCUT2D eigenvalue weighted by Gasteiger charge is 2.18. The van der Waals surface area contributed by atoms with E-state index in [9.17, 15) is 9.59 Å². The number of nitrogens with two attached hydrogens (primary N) is 1. The quantitative estimate of drug-likeness (QED) is 0.692. The highest BCUT2D eigenvalue weighted by Crippen LogP contribution is 2.10. The molecular formula is C14H23N5O3. The number of ether oxygens (including phenoxy) is 1. The van der Waals surface area contributed by atoms with Crippen LogP contribution in [0.15, 0.2) is 9.59 Å². The van der Waals surface area contributed by atoms with E-state index in [4.69, 9.17) is 10.5 Å². The molecule has 2 rings (SSSR count). The molecule has 0 aliphatic rings. The highest BCUT2D eigenvalue weighted by molar-refractivity contribution is 5.71. The standard InChI is InChI=1S/C14H23N5O3/c1-4-10-16-12-11(17(10)2)13(20)19(8-6-15)14(21)18(12)7-5-9-22-3/h4-9,15H2,1-3H3. The van der Waals surface area contributed by atoms with E-state index in [0.717, 1.165) is 5.82 Å². The minimum Gasteiger partial charge on any atom is -0.385 e. The number of rotatable bonds is 7. The van der Waals surface area contributed by atoms with E-state index in [2.05, 4.69) is 4.98 Å². The first-order valence-corrected chi connectivity index (χ1v) is 7.44. The Kier molecular flexibility index (Phi) is 5.15. The average Bonchev–Trinajstić information content (AvgIpc) is 2.84. The number of aryl methyl sites for hydroxylation is 3. The van der Waals surface area contributed by atoms with Crippen LogP contribution in [-0.4, -0.2) is 38.9 Å². The summed E-state index contributed by atoms with van der Waals surface area (Å²) in [6.45, 7) is 3.39. The van der Waals surface area contributed by atoms with Crippen molar-refractivity contribution in [1.82, 2.24) is 18.7 Å². The molecule has 2 aromatic rings. The molecule has 2 heterocycles. The minimum absolute atomic E-state index is 0.199. The molecule has 0 aliphatic carbocycles. The molecule has 0 aliphatic heterocycles. The first kappa shape index (κ1) is 16.4. The normalized spacial score (nSPS) is 11.5. The lowest BCUT2D eigenvalue weighted by Gasteiger charge is -2.11. The van der Waals surface area contributed by atoms with Gasteiger partial charge in [0.2, 0.25) is 0 Å². The second-order valence-electron chi connectivity index (χ2n) is 5.14. The first-order valence-electron chi connectivity index (χ1n) is 7.44. The molecule has 122 valence electrons. The molecule has 0 spiro atoms. The van der Waals surface area contributed by atoms with Crippen LogP contribution in [0.1, 0.15) is 19.2 Å². The van der Waals surface area contributed by atoms with Crippen LogP contribution in [0.5, 0.6) is 0 Å². The predicted molar refractivity (Wildman–Crippen MR) is 84.2 cm³/mol. The second-order valence-corrected chi connectivity index (χ2v) is 5.14. The van der Waals surface area contributed by atoms with Crippen LogP contribution in [-0.2, 0) is 31.3 Å². The lowest BCUT2D eigenvalue weighted by Crippen LogP contribution is -2.42. The molecule has 0 bridgehead atoms. The summed E-state index contributed by atoms with van der Waals surface area (Å²) in [5.41, 5.74) is 5.73. The lowest BCUT2D eigenvalue weighted by molar-refractivity contribution is 0.190. The zero-order valence-electron chi connectivity index (χ0n) is 13.3. The molecule has 2 N–H and O–H groups in total. The molecule has 8 heteroatoms. The molecule has 0 saturated heterocycles. The maximum absolute atomic E-state index is 12.6. The average molecular weight is 309 g/mol. The van der Waals surface area contributed by atoms with Crippen molar-refractivity contribution in [2.24, 2.45) is 12.8 Å². The Morgan fingerprint density at radius 1 is 1.23 bits per heavy atom. The summed E-state index contributed by atoms with van der Waals surface area (Å²) >= 11 is 0. The van der Waals surface area contributed by atoms with E-state index in [1.807, 2.05) is 6.92 Å². The molecule has 2 aromatic heterocycles. The monoisotopic (exact) mass is 309 g/mol. The Hall–Kier alpha value is -1.93. The van der Waals surface area contributed by atoms with Crippen LogP contribution >= 0.6 is 0 Å². The minimum atomic E-state index is -0.361. The third-order valence-corrected chi connectivity index (χ3v) is 3.73. The molecular weight excluding hydrogens is 286 g/mol. The van der Waals surface area contributed by atoms with Crippen molar-refractivity contribution in [2.45, 2.75) is 32.9 Å². The zero-order valence-corrected chi connectivity index (χ0v) is 13.3. The molecule has 0 aromatic carbocycles. The zero-order chi connectivity index (χ0) is 16.3. The Balaban J connectivity index is 2.74. The van der Waals surface area contributed by atoms with E-state index in [0.29, 0.717) is 37.2 Å². The van der Waals surface area contributed by atoms with Gasteiger partial charge in [-0.2, -0.15) is 0 Å². The van der Waals surface area contributed by atoms with Gasteiger partial charge in [0.1, 0.15) is 5.82 Å². The first-order chi connectivity index (χ1) is 10.6. The van der Waals surface area contributed by atoms with Crippen molar-refractivity contribution >= 4 is 11.2 Å². The van der Waals surface area contributed by atoms with Gasteiger partial charge in [-0.1, -0.05) is 6.92 Å². The Morgan fingerprint density at radius 3 is 2.55 bits per heavy atom. The van der Waals surface area contributed by atoms with Gasteiger partial charge in [-0.3, -0.25) is 13.9 Å². The van der Waals surface area contributed by atoms with E-state index >= 15 is 0 Å². The number of fused-ring (bicyclic) bond motifs is 1. The Morgan fingerprint density at radius 2 is 1.95 bits per heavy atom. The smallest absolute Gasteiger partial charge is 0.332 e. The fourth-order valence-corrected chi connectivity index (χ4v) is 2.62. The fraction of sp³-hybridized carbons (Fsp3) is 0.643. The summed E-state index contributed by atoms with van der Waals surface area (Å²) in [6.07, 6.45) is 1.36. The van der Waals surface area contributed by atoms with E-state index < -0.39 is 0 Å². The van der Waals surface area contributed by atoms with Gasteiger partial charge in [0.05, 0.1) is 0 Å². The molecule has 0 unspecified atom stereocenters. The van der Waals surface area contributed by atoms with Gasteiger partial charge in [-0.25, -0.2) is 9.78 Å². The van der Waals surface area contributed by atoms with Gasteiger partial charge in [0, 0.05) is 46.8 Å². The maximum Gasteiger partial charge on any atom is 0.332 e. The van der Waals surface area contributed by atoms with Gasteiger partial charge in [0.25, 0.3) is 5.56 Å². The molecule has 0 amide bonds. The molecule has 0 radical (unpaired) electrons. The summed E-state index contributed by atoms with van der Waals surface area (Å²) in [5.74, 6) is 0.775. The largest absolute Gasteiger partial charge is 0.385 e. The van der Waals surface area contributed by atoms with Gasteiger partial charge in [-0.05, 0) is 6.42 Å². The van der Waals surface area contributed by atoms with Crippen LogP contribution in [0, 0.1) is 0 Å². The summed E-state index contributed by atoms with van der Waals surface area (Å²) in [7, 11) is 3.41. The van der Waals surface area contributed by atoms with Crippen LogP contribution in [0.25, 0.3) is 11.2 Å². The topological polar surface area (TPSA) is 97.1 Å². The number of methoxy groups -OCH3 is 1. The maximum atomic E-state index is 12.6. The van der Waals surface area contributed by atoms with E-state index in [1.54, 1.807) is 23.3 Å². The number of hydrogen-bond acceptors (Lipinski definition) is 5. The van der Waals surface area contributed by atoms with Crippen LogP contribution in [0.2, 0.25) is 0 Å². The number of hydrogen-bond donors (Lipinski definition) is 1. The van der Waals surface area contributed by atoms with Crippen molar-refractivity contribution in [3.05, 3.63) is 26.7 Å². The fourth-order valence-electron chi connectivity index (χ4n) is 2.62. The van der Waals surface area contributed by atoms with Crippen LogP contribution < -0.4 is 17.0 Å². The van der Waals surface area contributed by atoms with Crippen LogP contribution in [0.3, 0.4) is 0 Å². The Labute approximate surface area is 128 Å². The van der Waals surface area contributed by atoms with Gasteiger partial charge in [0.15, 0.2) is 11.2 Å². The summed E-state index contributed by atoms with van der Waals surface area (Å²) < 4.78 is 9.54. The van der Waals surface area contributed by atoms with Crippen molar-refractivity contribution < 1.29 is 4.74 Å². The number of nitrogens with zero attached hydrogens (tertiary/aromatic N) is 4. The number of aromatic nitrogens is 4. The molecule has 22 heavy (non-hydrogen) atoms. The van der Waals surface area contributed by atoms with Gasteiger partial charge < -0.3 is 15.0 Å². The third-order valence-electron chi connectivity index (χ3n) is 3.73. The predicted octanol–water partition coefficient (Wildman–Crippen LogP) is -0.546. The molecule has 0 atom stereocenters. The summed E-state index contributed by atoms with van der Waals surface area (Å²) in [5, 5.41) is 0. The van der Waals surface area contributed by atoms with Crippen molar-refractivity contribution in [1.29, 1.82) is 0 Å². The second kappa shape index (κ2) is 6.89. The highest BCUT2D eigenvalue weighted by atomic mass is 16.5. The van der Waals surface area contributed by atoms with Gasteiger partial charge >= 0.3 is 5.69 Å². The number of imidazole rings is 1. The molecule has 8 nitrogen and oxygen atoms in total. The molecule has 0 saturated carbocycles. The summed E-state index contributed by atoms with van der Waals surface area (Å²) in [6, 6.07) is 0. The van der Waals surface area contributed by atoms with Crippen molar-refractivity contribution in [3.8, 4) is 0 Å². The van der Waals surface area contributed by atoms with E-state index in [-0.39, 0.29) is 24.3 Å².